The van der Waals surface area contributed by atoms with Gasteiger partial charge in [-0.3, -0.25) is 4.98 Å². The molecule has 34 heavy (non-hydrogen) atoms. The van der Waals surface area contributed by atoms with Crippen LogP contribution >= 0.6 is 0 Å². The molecule has 180 valence electrons. The first-order valence-electron chi connectivity index (χ1n) is 10.2. The molecule has 1 aliphatic heterocycles. The summed E-state index contributed by atoms with van der Waals surface area (Å²) in [5.41, 5.74) is 3.40. The third-order valence-corrected chi connectivity index (χ3v) is 7.77. The van der Waals surface area contributed by atoms with E-state index >= 15 is 0 Å². The molecule has 0 bridgehead atoms. The molecule has 12 heteroatoms. The molecule has 2 heterocycles. The smallest absolute Gasteiger partial charge is 0.382 e. The minimum Gasteiger partial charge on any atom is -0.382 e. The molecule has 0 amide bonds. The van der Waals surface area contributed by atoms with Crippen LogP contribution in [0.4, 0.5) is 23.4 Å². The number of piperidine rings is 1. The van der Waals surface area contributed by atoms with Gasteiger partial charge in [0.2, 0.25) is 10.0 Å². The molecule has 3 N–H and O–H groups in total. The van der Waals surface area contributed by atoms with Crippen molar-refractivity contribution in [2.45, 2.75) is 29.5 Å². The minimum absolute atomic E-state index is 0.138. The molecule has 1 aliphatic rings. The first-order valence-corrected chi connectivity index (χ1v) is 11.6. The van der Waals surface area contributed by atoms with Crippen molar-refractivity contribution in [3.63, 3.8) is 0 Å². The number of aromatic nitrogens is 2. The van der Waals surface area contributed by atoms with Gasteiger partial charge in [0, 0.05) is 24.2 Å². The fraction of sp³-hybridized carbons (Fsp3) is 0.273. The Kier molecular flexibility index (Phi) is 6.08. The van der Waals surface area contributed by atoms with Gasteiger partial charge in [-0.2, -0.15) is 17.5 Å². The predicted octanol–water partition coefficient (Wildman–Crippen LogP) is 3.61. The van der Waals surface area contributed by atoms with Crippen molar-refractivity contribution in [1.29, 1.82) is 0 Å². The Morgan fingerprint density at radius 1 is 1.00 bits per heavy atom. The molecule has 0 aliphatic carbocycles. The average Bonchev–Trinajstić information content (AvgIpc) is 2.79. The van der Waals surface area contributed by atoms with E-state index in [1.54, 1.807) is 6.07 Å². The van der Waals surface area contributed by atoms with Gasteiger partial charge in [-0.1, -0.05) is 24.3 Å². The van der Waals surface area contributed by atoms with Crippen molar-refractivity contribution >= 4 is 15.8 Å². The van der Waals surface area contributed by atoms with E-state index in [2.05, 4.69) is 9.97 Å². The quantitative estimate of drug-likeness (QED) is 0.534. The monoisotopic (exact) mass is 496 g/mol. The number of hydrogen-bond donors (Lipinski definition) is 2. The minimum atomic E-state index is -4.85. The molecule has 0 spiro atoms. The van der Waals surface area contributed by atoms with Gasteiger partial charge in [-0.15, -0.1) is 0 Å². The standard InChI is InChI=1S/C22H20F4N4O3S/c23-17-11-14(5-6-16(17)18-12-29-20(27)13-28-18)15-3-1-2-4-19(15)34(32,33)30-9-7-21(31,8-10-30)22(24,25)26/h1-6,11-13,31H,7-10H2,(H2,27,29). The zero-order valence-corrected chi connectivity index (χ0v) is 18.4. The third kappa shape index (κ3) is 4.36. The van der Waals surface area contributed by atoms with E-state index < -0.39 is 53.5 Å². The number of nitrogens with zero attached hydrogens (tertiary/aromatic N) is 3. The Labute approximate surface area is 192 Å². The van der Waals surface area contributed by atoms with Crippen LogP contribution in [0.15, 0.2) is 59.8 Å². The van der Waals surface area contributed by atoms with Gasteiger partial charge < -0.3 is 10.8 Å². The van der Waals surface area contributed by atoms with Gasteiger partial charge in [0.25, 0.3) is 0 Å². The van der Waals surface area contributed by atoms with Crippen molar-refractivity contribution in [1.82, 2.24) is 14.3 Å². The van der Waals surface area contributed by atoms with E-state index in [1.165, 1.54) is 42.7 Å². The number of aliphatic hydroxyl groups is 1. The van der Waals surface area contributed by atoms with Crippen LogP contribution < -0.4 is 5.73 Å². The lowest BCUT2D eigenvalue weighted by atomic mass is 9.92. The average molecular weight is 496 g/mol. The molecule has 1 fully saturated rings. The van der Waals surface area contributed by atoms with Crippen LogP contribution in [-0.4, -0.2) is 52.7 Å². The number of nitrogen functional groups attached to an aromatic ring is 1. The molecule has 1 aromatic heterocycles. The number of benzene rings is 2. The summed E-state index contributed by atoms with van der Waals surface area (Å²) < 4.78 is 81.7. The van der Waals surface area contributed by atoms with Gasteiger partial charge in [-0.05, 0) is 36.6 Å². The summed E-state index contributed by atoms with van der Waals surface area (Å²) in [6.07, 6.45) is -3.81. The molecule has 7 nitrogen and oxygen atoms in total. The van der Waals surface area contributed by atoms with Crippen LogP contribution in [0, 0.1) is 5.82 Å². The van der Waals surface area contributed by atoms with Crippen LogP contribution in [0.2, 0.25) is 0 Å². The number of hydrogen-bond acceptors (Lipinski definition) is 6. The maximum atomic E-state index is 14.9. The molecule has 0 atom stereocenters. The second kappa shape index (κ2) is 8.60. The van der Waals surface area contributed by atoms with Crippen LogP contribution in [0.5, 0.6) is 0 Å². The lowest BCUT2D eigenvalue weighted by Gasteiger charge is -2.38. The molecule has 0 unspecified atom stereocenters. The molecular weight excluding hydrogens is 476 g/mol. The van der Waals surface area contributed by atoms with Crippen molar-refractivity contribution in [3.05, 3.63) is 60.7 Å². The zero-order chi connectivity index (χ0) is 24.7. The molecule has 2 aromatic carbocycles. The largest absolute Gasteiger partial charge is 0.417 e. The number of halogens is 4. The van der Waals surface area contributed by atoms with Crippen LogP contribution in [0.3, 0.4) is 0 Å². The Balaban J connectivity index is 1.66. The lowest BCUT2D eigenvalue weighted by Crippen LogP contribution is -2.54. The number of rotatable bonds is 4. The third-order valence-electron chi connectivity index (χ3n) is 5.81. The van der Waals surface area contributed by atoms with Crippen LogP contribution in [0.1, 0.15) is 12.8 Å². The molecular formula is C22H20F4N4O3S. The number of sulfonamides is 1. The van der Waals surface area contributed by atoms with E-state index in [4.69, 9.17) is 5.73 Å². The summed E-state index contributed by atoms with van der Waals surface area (Å²) in [6, 6.07) is 9.94. The van der Waals surface area contributed by atoms with Gasteiger partial charge in [0.1, 0.15) is 11.6 Å². The van der Waals surface area contributed by atoms with E-state index in [1.807, 2.05) is 0 Å². The molecule has 4 rings (SSSR count). The van der Waals surface area contributed by atoms with E-state index in [-0.39, 0.29) is 33.1 Å². The van der Waals surface area contributed by atoms with E-state index in [0.717, 1.165) is 10.4 Å². The summed E-state index contributed by atoms with van der Waals surface area (Å²) in [5, 5.41) is 9.86. The Morgan fingerprint density at radius 2 is 1.68 bits per heavy atom. The highest BCUT2D eigenvalue weighted by molar-refractivity contribution is 7.89. The van der Waals surface area contributed by atoms with Crippen LogP contribution in [0.25, 0.3) is 22.4 Å². The highest BCUT2D eigenvalue weighted by atomic mass is 32.2. The zero-order valence-electron chi connectivity index (χ0n) is 17.6. The summed E-state index contributed by atoms with van der Waals surface area (Å²) >= 11 is 0. The van der Waals surface area contributed by atoms with Gasteiger partial charge >= 0.3 is 6.18 Å². The fourth-order valence-electron chi connectivity index (χ4n) is 3.82. The molecule has 0 saturated carbocycles. The molecule has 3 aromatic rings. The van der Waals surface area contributed by atoms with Crippen molar-refractivity contribution < 1.29 is 31.1 Å². The summed E-state index contributed by atoms with van der Waals surface area (Å²) in [5.74, 6) is -0.497. The van der Waals surface area contributed by atoms with Crippen molar-refractivity contribution in [3.8, 4) is 22.4 Å². The predicted molar refractivity (Wildman–Crippen MR) is 116 cm³/mol. The SMILES string of the molecule is Nc1cnc(-c2ccc(-c3ccccc3S(=O)(=O)N3CCC(O)(C(F)(F)F)CC3)cc2F)cn1. The highest BCUT2D eigenvalue weighted by Crippen LogP contribution is 2.40. The first-order chi connectivity index (χ1) is 15.9. The maximum absolute atomic E-state index is 14.9. The Bertz CT molecular complexity index is 1310. The van der Waals surface area contributed by atoms with E-state index in [9.17, 15) is 31.1 Å². The van der Waals surface area contributed by atoms with Gasteiger partial charge in [0.15, 0.2) is 5.60 Å². The summed E-state index contributed by atoms with van der Waals surface area (Å²) in [4.78, 5) is 7.73. The van der Waals surface area contributed by atoms with Crippen LogP contribution in [-0.2, 0) is 10.0 Å². The number of nitrogens with two attached hydrogens (primary N) is 1. The summed E-state index contributed by atoms with van der Waals surface area (Å²) in [7, 11) is -4.22. The fourth-order valence-corrected chi connectivity index (χ4v) is 5.47. The first kappa shape index (κ1) is 24.0. The van der Waals surface area contributed by atoms with E-state index in [0.29, 0.717) is 0 Å². The topological polar surface area (TPSA) is 109 Å². The molecule has 1 saturated heterocycles. The number of alkyl halides is 3. The second-order valence-electron chi connectivity index (χ2n) is 7.95. The Hall–Kier alpha value is -3.09. The maximum Gasteiger partial charge on any atom is 0.417 e. The second-order valence-corrected chi connectivity index (χ2v) is 9.86. The van der Waals surface area contributed by atoms with Gasteiger partial charge in [-0.25, -0.2) is 17.8 Å². The normalized spacial score (nSPS) is 17.0. The van der Waals surface area contributed by atoms with Crippen molar-refractivity contribution in [2.75, 3.05) is 18.8 Å². The van der Waals surface area contributed by atoms with Crippen molar-refractivity contribution in [2.24, 2.45) is 0 Å². The number of anilines is 1. The highest BCUT2D eigenvalue weighted by Gasteiger charge is 2.55. The Morgan fingerprint density at radius 3 is 2.26 bits per heavy atom. The molecule has 0 radical (unpaired) electrons. The van der Waals surface area contributed by atoms with Gasteiger partial charge in [0.05, 0.1) is 23.0 Å². The summed E-state index contributed by atoms with van der Waals surface area (Å²) in [6.45, 7) is -1.01. The lowest BCUT2D eigenvalue weighted by molar-refractivity contribution is -0.270.